The van der Waals surface area contributed by atoms with Gasteiger partial charge in [-0.3, -0.25) is 4.79 Å². The van der Waals surface area contributed by atoms with Crippen LogP contribution in [0.2, 0.25) is 0 Å². The fourth-order valence-electron chi connectivity index (χ4n) is 1.63. The van der Waals surface area contributed by atoms with Crippen LogP contribution in [0, 0.1) is 11.8 Å². The Morgan fingerprint density at radius 1 is 1.29 bits per heavy atom. The molecule has 2 rings (SSSR count). The van der Waals surface area contributed by atoms with Crippen molar-refractivity contribution in [1.82, 2.24) is 4.98 Å². The maximum Gasteiger partial charge on any atom is 0.450 e. The van der Waals surface area contributed by atoms with Crippen molar-refractivity contribution in [1.29, 1.82) is 0 Å². The molecule has 0 saturated heterocycles. The van der Waals surface area contributed by atoms with Crippen LogP contribution < -0.4 is 5.32 Å². The number of aromatic nitrogens is 1. The molecular weight excluding hydrogens is 345 g/mol. The molecule has 0 fully saturated rings. The van der Waals surface area contributed by atoms with E-state index in [1.807, 2.05) is 0 Å². The summed E-state index contributed by atoms with van der Waals surface area (Å²) in [7, 11) is 0. The van der Waals surface area contributed by atoms with Gasteiger partial charge < -0.3 is 15.5 Å². The Kier molecular flexibility index (Phi) is 4.94. The van der Waals surface area contributed by atoms with E-state index in [1.54, 1.807) is 24.3 Å². The van der Waals surface area contributed by atoms with Gasteiger partial charge in [0.05, 0.1) is 11.1 Å². The number of thiazole rings is 1. The second-order valence-electron chi connectivity index (χ2n) is 4.71. The van der Waals surface area contributed by atoms with E-state index in [4.69, 9.17) is 10.2 Å². The SMILES string of the molecule is CC(=O)Nc1cccc(C#Cc2cnc(C(O)(O)C(F)(F)F)s2)c1. The Bertz CT molecular complexity index is 819. The maximum atomic E-state index is 12.5. The van der Waals surface area contributed by atoms with Crippen LogP contribution in [0.15, 0.2) is 30.5 Å². The molecule has 5 nitrogen and oxygen atoms in total. The van der Waals surface area contributed by atoms with Crippen molar-refractivity contribution in [3.63, 3.8) is 0 Å². The van der Waals surface area contributed by atoms with Gasteiger partial charge in [0.25, 0.3) is 0 Å². The van der Waals surface area contributed by atoms with Crippen molar-refractivity contribution >= 4 is 22.9 Å². The number of carbonyl (C=O) groups excluding carboxylic acids is 1. The number of nitrogens with one attached hydrogen (secondary N) is 1. The minimum atomic E-state index is -5.26. The molecule has 0 spiro atoms. The zero-order chi connectivity index (χ0) is 18.0. The fourth-order valence-corrected chi connectivity index (χ4v) is 2.41. The highest BCUT2D eigenvalue weighted by Crippen LogP contribution is 2.38. The summed E-state index contributed by atoms with van der Waals surface area (Å²) in [5, 5.41) is 19.9. The molecule has 0 aliphatic rings. The predicted octanol–water partition coefficient (Wildman–Crippen LogP) is 2.20. The van der Waals surface area contributed by atoms with Crippen molar-refractivity contribution in [2.45, 2.75) is 18.9 Å². The fraction of sp³-hybridized carbons (Fsp3) is 0.200. The number of rotatable bonds is 2. The Morgan fingerprint density at radius 3 is 2.62 bits per heavy atom. The van der Waals surface area contributed by atoms with E-state index in [9.17, 15) is 18.0 Å². The van der Waals surface area contributed by atoms with Gasteiger partial charge in [-0.1, -0.05) is 12.0 Å². The molecule has 0 saturated carbocycles. The van der Waals surface area contributed by atoms with Gasteiger partial charge in [-0.05, 0) is 24.1 Å². The molecule has 0 atom stereocenters. The number of benzene rings is 1. The first-order chi connectivity index (χ1) is 11.1. The van der Waals surface area contributed by atoms with Crippen LogP contribution in [0.3, 0.4) is 0 Å². The molecule has 1 amide bonds. The first-order valence-corrected chi connectivity index (χ1v) is 7.28. The Hall–Kier alpha value is -2.41. The highest BCUT2D eigenvalue weighted by molar-refractivity contribution is 7.12. The number of hydrogen-bond donors (Lipinski definition) is 3. The molecule has 9 heteroatoms. The van der Waals surface area contributed by atoms with E-state index in [0.717, 1.165) is 6.20 Å². The summed E-state index contributed by atoms with van der Waals surface area (Å²) in [6.45, 7) is 1.36. The van der Waals surface area contributed by atoms with E-state index >= 15 is 0 Å². The number of alkyl halides is 3. The topological polar surface area (TPSA) is 82.5 Å². The molecule has 0 bridgehead atoms. The number of halogens is 3. The molecular formula is C15H11F3N2O3S. The number of anilines is 1. The molecule has 0 radical (unpaired) electrons. The molecule has 1 aromatic carbocycles. The predicted molar refractivity (Wildman–Crippen MR) is 81.0 cm³/mol. The van der Waals surface area contributed by atoms with Crippen molar-refractivity contribution in [2.75, 3.05) is 5.32 Å². The summed E-state index contributed by atoms with van der Waals surface area (Å²) in [5.74, 6) is 1.03. The van der Waals surface area contributed by atoms with Gasteiger partial charge in [0.2, 0.25) is 5.91 Å². The monoisotopic (exact) mass is 356 g/mol. The van der Waals surface area contributed by atoms with Gasteiger partial charge in [0.15, 0.2) is 5.01 Å². The van der Waals surface area contributed by atoms with Crippen LogP contribution in [0.5, 0.6) is 0 Å². The van der Waals surface area contributed by atoms with E-state index in [1.165, 1.54) is 6.92 Å². The Morgan fingerprint density at radius 2 is 2.00 bits per heavy atom. The average Bonchev–Trinajstić information content (AvgIpc) is 2.93. The number of amides is 1. The maximum absolute atomic E-state index is 12.5. The van der Waals surface area contributed by atoms with E-state index in [0.29, 0.717) is 22.6 Å². The van der Waals surface area contributed by atoms with Crippen LogP contribution >= 0.6 is 11.3 Å². The normalized spacial score (nSPS) is 11.6. The van der Waals surface area contributed by atoms with Crippen molar-refractivity contribution in [2.24, 2.45) is 0 Å². The number of aliphatic hydroxyl groups is 2. The lowest BCUT2D eigenvalue weighted by Crippen LogP contribution is -2.41. The third-order valence-corrected chi connectivity index (χ3v) is 3.72. The van der Waals surface area contributed by atoms with Gasteiger partial charge >= 0.3 is 12.0 Å². The molecule has 1 aromatic heterocycles. The van der Waals surface area contributed by atoms with E-state index in [2.05, 4.69) is 22.1 Å². The first kappa shape index (κ1) is 17.9. The number of carbonyl (C=O) groups is 1. The van der Waals surface area contributed by atoms with Gasteiger partial charge in [0, 0.05) is 18.2 Å². The second kappa shape index (κ2) is 6.60. The minimum Gasteiger partial charge on any atom is -0.353 e. The highest BCUT2D eigenvalue weighted by Gasteiger charge is 2.56. The lowest BCUT2D eigenvalue weighted by atomic mass is 10.2. The molecule has 1 heterocycles. The van der Waals surface area contributed by atoms with Crippen LogP contribution in [0.25, 0.3) is 0 Å². The molecule has 0 aliphatic heterocycles. The summed E-state index contributed by atoms with van der Waals surface area (Å²) in [6, 6.07) is 6.56. The molecule has 3 N–H and O–H groups in total. The van der Waals surface area contributed by atoms with E-state index < -0.39 is 17.0 Å². The van der Waals surface area contributed by atoms with Crippen LogP contribution in [-0.4, -0.2) is 27.3 Å². The quantitative estimate of drug-likeness (QED) is 0.569. The number of nitrogens with zero attached hydrogens (tertiary/aromatic N) is 1. The standard InChI is InChI=1S/C15H11F3N2O3S/c1-9(21)20-11-4-2-3-10(7-11)5-6-12-8-19-13(24-12)14(22,23)15(16,17)18/h2-4,7-8,22-23H,1H3,(H,20,21). The van der Waals surface area contributed by atoms with Gasteiger partial charge in [-0.15, -0.1) is 11.3 Å². The summed E-state index contributed by atoms with van der Waals surface area (Å²) < 4.78 is 37.6. The van der Waals surface area contributed by atoms with Crippen molar-refractivity contribution in [3.8, 4) is 11.8 Å². The largest absolute Gasteiger partial charge is 0.450 e. The number of hydrogen-bond acceptors (Lipinski definition) is 5. The van der Waals surface area contributed by atoms with Crippen LogP contribution in [0.1, 0.15) is 22.4 Å². The smallest absolute Gasteiger partial charge is 0.353 e. The first-order valence-electron chi connectivity index (χ1n) is 6.47. The zero-order valence-corrected chi connectivity index (χ0v) is 13.0. The Balaban J connectivity index is 2.23. The van der Waals surface area contributed by atoms with Crippen molar-refractivity contribution < 1.29 is 28.2 Å². The molecule has 2 aromatic rings. The third kappa shape index (κ3) is 4.11. The Labute approximate surface area is 138 Å². The lowest BCUT2D eigenvalue weighted by molar-refractivity contribution is -0.358. The van der Waals surface area contributed by atoms with Crippen molar-refractivity contribution in [3.05, 3.63) is 45.9 Å². The summed E-state index contributed by atoms with van der Waals surface area (Å²) >= 11 is 0.426. The van der Waals surface area contributed by atoms with Gasteiger partial charge in [-0.25, -0.2) is 4.98 Å². The third-order valence-electron chi connectivity index (χ3n) is 2.71. The summed E-state index contributed by atoms with van der Waals surface area (Å²) in [4.78, 5) is 14.5. The molecule has 0 aliphatic carbocycles. The highest BCUT2D eigenvalue weighted by atomic mass is 32.1. The summed E-state index contributed by atoms with van der Waals surface area (Å²) in [6.07, 6.45) is -4.24. The average molecular weight is 356 g/mol. The second-order valence-corrected chi connectivity index (χ2v) is 5.74. The lowest BCUT2D eigenvalue weighted by Gasteiger charge is -2.21. The molecule has 0 unspecified atom stereocenters. The minimum absolute atomic E-state index is 0.131. The molecule has 126 valence electrons. The van der Waals surface area contributed by atoms with Gasteiger partial charge in [-0.2, -0.15) is 13.2 Å². The zero-order valence-electron chi connectivity index (χ0n) is 12.2. The van der Waals surface area contributed by atoms with E-state index in [-0.39, 0.29) is 10.8 Å². The van der Waals surface area contributed by atoms with Gasteiger partial charge in [0.1, 0.15) is 0 Å². The molecule has 24 heavy (non-hydrogen) atoms. The summed E-state index contributed by atoms with van der Waals surface area (Å²) in [5.41, 5.74) is 1.05. The van der Waals surface area contributed by atoms with Crippen LogP contribution in [-0.2, 0) is 10.6 Å². The van der Waals surface area contributed by atoms with Crippen LogP contribution in [0.4, 0.5) is 18.9 Å².